The summed E-state index contributed by atoms with van der Waals surface area (Å²) in [5.41, 5.74) is -0.663. The Morgan fingerprint density at radius 3 is 2.78 bits per heavy atom. The van der Waals surface area contributed by atoms with Gasteiger partial charge in [-0.3, -0.25) is 14.6 Å². The molecule has 3 aliphatic rings. The number of hydrogen-bond acceptors (Lipinski definition) is 8. The highest BCUT2D eigenvalue weighted by molar-refractivity contribution is 8.00. The largest absolute Gasteiger partial charge is 0.461 e. The van der Waals surface area contributed by atoms with Gasteiger partial charge in [-0.25, -0.2) is 0 Å². The minimum atomic E-state index is -0.672. The lowest BCUT2D eigenvalue weighted by molar-refractivity contribution is -0.205. The molecule has 0 spiro atoms. The molecule has 0 amide bonds. The summed E-state index contributed by atoms with van der Waals surface area (Å²) in [4.78, 5) is 36.5. The van der Waals surface area contributed by atoms with Crippen LogP contribution >= 0.6 is 11.8 Å². The minimum Gasteiger partial charge on any atom is -0.461 e. The monoisotopic (exact) mass is 528 g/mol. The average Bonchev–Trinajstić information content (AvgIpc) is 3.25. The molecule has 8 heteroatoms. The number of ketones is 1. The van der Waals surface area contributed by atoms with Crippen LogP contribution in [0.1, 0.15) is 65.4 Å². The highest BCUT2D eigenvalue weighted by Crippen LogP contribution is 2.68. The van der Waals surface area contributed by atoms with Gasteiger partial charge in [-0.15, -0.1) is 18.3 Å². The molecule has 0 aliphatic heterocycles. The molecule has 3 aliphatic carbocycles. The van der Waals surface area contributed by atoms with Crippen LogP contribution in [0.5, 0.6) is 0 Å². The van der Waals surface area contributed by atoms with E-state index in [1.165, 1.54) is 18.9 Å². The van der Waals surface area contributed by atoms with Crippen molar-refractivity contribution in [1.82, 2.24) is 4.98 Å². The van der Waals surface area contributed by atoms with Crippen molar-refractivity contribution in [2.24, 2.45) is 39.2 Å². The van der Waals surface area contributed by atoms with Crippen LogP contribution in [0.25, 0.3) is 0 Å². The molecule has 202 valence electrons. The number of hydrogen-bond donors (Lipinski definition) is 1. The molecular formula is C29H40N2O5S. The predicted octanol–water partition coefficient (Wildman–Crippen LogP) is 5.06. The fraction of sp³-hybridized carbons (Fsp3) is 0.655. The Bertz CT molecular complexity index is 1080. The quantitative estimate of drug-likeness (QED) is 0.174. The van der Waals surface area contributed by atoms with E-state index in [4.69, 9.17) is 9.57 Å². The van der Waals surface area contributed by atoms with Crippen molar-refractivity contribution in [3.8, 4) is 0 Å². The topological polar surface area (TPSA) is 98.1 Å². The summed E-state index contributed by atoms with van der Waals surface area (Å²) in [6.45, 7) is 12.5. The van der Waals surface area contributed by atoms with Gasteiger partial charge in [-0.1, -0.05) is 38.9 Å². The normalized spacial score (nSPS) is 39.5. The van der Waals surface area contributed by atoms with Crippen LogP contribution in [0.15, 0.2) is 41.2 Å². The van der Waals surface area contributed by atoms with Crippen LogP contribution in [0, 0.1) is 34.0 Å². The molecule has 3 fully saturated rings. The van der Waals surface area contributed by atoms with Crippen LogP contribution in [0.2, 0.25) is 0 Å². The molecule has 1 aromatic rings. The summed E-state index contributed by atoms with van der Waals surface area (Å²) in [6.07, 6.45) is 9.17. The van der Waals surface area contributed by atoms with Crippen LogP contribution in [0.3, 0.4) is 0 Å². The molecule has 0 unspecified atom stereocenters. The van der Waals surface area contributed by atoms with Gasteiger partial charge in [0.15, 0.2) is 0 Å². The number of oxime groups is 1. The summed E-state index contributed by atoms with van der Waals surface area (Å²) in [6, 6.07) is 1.88. The molecule has 1 heterocycles. The number of aliphatic hydroxyl groups excluding tert-OH is 1. The number of aliphatic hydroxyl groups is 1. The van der Waals surface area contributed by atoms with E-state index >= 15 is 0 Å². The number of nitrogens with zero attached hydrogens (tertiary/aromatic N) is 2. The second kappa shape index (κ2) is 10.5. The van der Waals surface area contributed by atoms with Gasteiger partial charge in [0.05, 0.1) is 18.1 Å². The lowest BCUT2D eigenvalue weighted by Gasteiger charge is -2.61. The fourth-order valence-electron chi connectivity index (χ4n) is 7.54. The Morgan fingerprint density at radius 2 is 2.08 bits per heavy atom. The maximum absolute atomic E-state index is 13.5. The van der Waals surface area contributed by atoms with Gasteiger partial charge in [-0.2, -0.15) is 0 Å². The van der Waals surface area contributed by atoms with Crippen molar-refractivity contribution in [2.45, 2.75) is 76.9 Å². The summed E-state index contributed by atoms with van der Waals surface area (Å²) in [5.74, 6) is -0.0415. The van der Waals surface area contributed by atoms with E-state index in [0.29, 0.717) is 12.8 Å². The average molecular weight is 529 g/mol. The molecule has 2 bridgehead atoms. The summed E-state index contributed by atoms with van der Waals surface area (Å²) in [7, 11) is 1.47. The zero-order chi connectivity index (χ0) is 27.0. The van der Waals surface area contributed by atoms with Crippen molar-refractivity contribution < 1.29 is 24.3 Å². The minimum absolute atomic E-state index is 0.0487. The van der Waals surface area contributed by atoms with E-state index in [-0.39, 0.29) is 40.7 Å². The third kappa shape index (κ3) is 4.76. The summed E-state index contributed by atoms with van der Waals surface area (Å²) >= 11 is 1.35. The molecule has 4 rings (SSSR count). The third-order valence-corrected chi connectivity index (χ3v) is 10.9. The van der Waals surface area contributed by atoms with Crippen molar-refractivity contribution in [2.75, 3.05) is 12.9 Å². The number of carbonyl (C=O) groups excluding carboxylic acids is 2. The third-order valence-electron chi connectivity index (χ3n) is 9.97. The Labute approximate surface area is 224 Å². The molecule has 1 aromatic heterocycles. The molecule has 0 radical (unpaired) electrons. The van der Waals surface area contributed by atoms with Gasteiger partial charge in [0, 0.05) is 46.0 Å². The van der Waals surface area contributed by atoms with Crippen molar-refractivity contribution >= 4 is 29.7 Å². The van der Waals surface area contributed by atoms with Crippen LogP contribution in [-0.4, -0.2) is 53.1 Å². The molecule has 37 heavy (non-hydrogen) atoms. The predicted molar refractivity (Wildman–Crippen MR) is 144 cm³/mol. The Morgan fingerprint density at radius 1 is 1.32 bits per heavy atom. The SMILES string of the molecule is C=C[C@]1(C)C[C@@H](OC(=O)CSc2cncc(/C=N/OC)c2)[C@]2(C)[C@H](C)CC[C@]3(CCC(=O)[C@H]32)[C@@H](C)[C@@H]1O. The summed E-state index contributed by atoms with van der Waals surface area (Å²) < 4.78 is 6.30. The number of pyridine rings is 1. The molecule has 1 N–H and O–H groups in total. The molecule has 8 atom stereocenters. The maximum Gasteiger partial charge on any atom is 0.316 e. The first kappa shape index (κ1) is 27.8. The maximum atomic E-state index is 13.5. The molecule has 3 saturated carbocycles. The van der Waals surface area contributed by atoms with Gasteiger partial charge in [0.2, 0.25) is 0 Å². The van der Waals surface area contributed by atoms with Crippen molar-refractivity contribution in [3.05, 3.63) is 36.7 Å². The first-order chi connectivity index (χ1) is 17.5. The van der Waals surface area contributed by atoms with E-state index in [1.807, 2.05) is 19.1 Å². The van der Waals surface area contributed by atoms with Gasteiger partial charge >= 0.3 is 5.97 Å². The number of aromatic nitrogens is 1. The Hall–Kier alpha value is -2.19. The lowest BCUT2D eigenvalue weighted by atomic mass is 9.44. The van der Waals surface area contributed by atoms with Crippen LogP contribution in [0.4, 0.5) is 0 Å². The smallest absolute Gasteiger partial charge is 0.316 e. The highest BCUT2D eigenvalue weighted by Gasteiger charge is 2.68. The van der Waals surface area contributed by atoms with E-state index in [0.717, 1.165) is 29.7 Å². The number of rotatable bonds is 7. The van der Waals surface area contributed by atoms with E-state index < -0.39 is 23.0 Å². The second-order valence-electron chi connectivity index (χ2n) is 11.7. The van der Waals surface area contributed by atoms with Crippen LogP contribution in [-0.2, 0) is 19.2 Å². The summed E-state index contributed by atoms with van der Waals surface area (Å²) in [5, 5.41) is 15.4. The number of carbonyl (C=O) groups is 2. The number of Topliss-reactive ketones (excluding diaryl/α,β-unsaturated/α-hetero) is 1. The zero-order valence-electron chi connectivity index (χ0n) is 22.6. The first-order valence-corrected chi connectivity index (χ1v) is 14.2. The highest BCUT2D eigenvalue weighted by atomic mass is 32.2. The number of esters is 1. The van der Waals surface area contributed by atoms with Crippen molar-refractivity contribution in [1.29, 1.82) is 0 Å². The van der Waals surface area contributed by atoms with E-state index in [9.17, 15) is 14.7 Å². The van der Waals surface area contributed by atoms with Gasteiger partial charge in [0.25, 0.3) is 0 Å². The van der Waals surface area contributed by atoms with E-state index in [1.54, 1.807) is 18.6 Å². The van der Waals surface area contributed by atoms with E-state index in [2.05, 4.69) is 37.5 Å². The standard InChI is InChI=1S/C29H40N2O5S/c1-7-27(4)13-23(36-24(33)17-37-21-12-20(14-30-16-21)15-31-35-6)28(5)18(2)8-10-29(19(3)26(27)34)11-9-22(32)25(28)29/h7,12,14-16,18-19,23,25-26,34H,1,8-11,13,17H2,2-6H3/b31-15+/t18-,19+,23-,25+,26+,27-,28+,29+/m1/s1. The number of ether oxygens (including phenoxy) is 1. The molecule has 7 nitrogen and oxygen atoms in total. The van der Waals surface area contributed by atoms with Crippen LogP contribution < -0.4 is 0 Å². The first-order valence-electron chi connectivity index (χ1n) is 13.2. The van der Waals surface area contributed by atoms with Gasteiger partial charge < -0.3 is 14.7 Å². The molecule has 0 saturated heterocycles. The Balaban J connectivity index is 1.62. The molecular weight excluding hydrogens is 488 g/mol. The lowest BCUT2D eigenvalue weighted by Crippen LogP contribution is -2.63. The zero-order valence-corrected chi connectivity index (χ0v) is 23.4. The van der Waals surface area contributed by atoms with Gasteiger partial charge in [0.1, 0.15) is 19.0 Å². The second-order valence-corrected chi connectivity index (χ2v) is 12.8. The fourth-order valence-corrected chi connectivity index (χ4v) is 8.24. The number of thioether (sulfide) groups is 1. The van der Waals surface area contributed by atoms with Crippen molar-refractivity contribution in [3.63, 3.8) is 0 Å². The Kier molecular flexibility index (Phi) is 7.92. The molecule has 0 aromatic carbocycles. The van der Waals surface area contributed by atoms with Gasteiger partial charge in [-0.05, 0) is 49.0 Å².